The van der Waals surface area contributed by atoms with Crippen LogP contribution in [0.1, 0.15) is 36.5 Å². The minimum Gasteiger partial charge on any atom is -0.445 e. The zero-order valence-corrected chi connectivity index (χ0v) is 17.6. The molecule has 1 amide bonds. The summed E-state index contributed by atoms with van der Waals surface area (Å²) >= 11 is 0. The summed E-state index contributed by atoms with van der Waals surface area (Å²) in [6.07, 6.45) is 0.584. The first kappa shape index (κ1) is 22.1. The fourth-order valence-corrected chi connectivity index (χ4v) is 3.20. The van der Waals surface area contributed by atoms with Gasteiger partial charge in [0, 0.05) is 19.0 Å². The lowest BCUT2D eigenvalue weighted by molar-refractivity contribution is -0.134. The molecule has 7 nitrogen and oxygen atoms in total. The Labute approximate surface area is 180 Å². The molecule has 2 aromatic carbocycles. The third-order valence-corrected chi connectivity index (χ3v) is 4.68. The van der Waals surface area contributed by atoms with Crippen molar-refractivity contribution < 1.29 is 23.5 Å². The van der Waals surface area contributed by atoms with Gasteiger partial charge in [-0.3, -0.25) is 4.79 Å². The fourth-order valence-electron chi connectivity index (χ4n) is 3.20. The van der Waals surface area contributed by atoms with Gasteiger partial charge in [0.2, 0.25) is 0 Å². The van der Waals surface area contributed by atoms with Crippen LogP contribution in [0.3, 0.4) is 0 Å². The van der Waals surface area contributed by atoms with Crippen LogP contribution < -0.4 is 15.7 Å². The molecule has 7 heteroatoms. The van der Waals surface area contributed by atoms with E-state index in [2.05, 4.69) is 5.32 Å². The highest BCUT2D eigenvalue weighted by molar-refractivity contribution is 5.90. The van der Waals surface area contributed by atoms with E-state index >= 15 is 0 Å². The number of alkyl carbamates (subject to hydrolysis) is 1. The monoisotopic (exact) mass is 423 g/mol. The Hall–Kier alpha value is -3.61. The second-order valence-electron chi connectivity index (χ2n) is 7.15. The summed E-state index contributed by atoms with van der Waals surface area (Å²) in [5, 5.41) is 3.25. The number of carbonyl (C=O) groups excluding carboxylic acids is 2. The Kier molecular flexibility index (Phi) is 7.43. The Bertz CT molecular complexity index is 1120. The average Bonchev–Trinajstić information content (AvgIpc) is 2.75. The Morgan fingerprint density at radius 1 is 1.10 bits per heavy atom. The predicted molar refractivity (Wildman–Crippen MR) is 116 cm³/mol. The number of ether oxygens (including phenoxy) is 2. The van der Waals surface area contributed by atoms with Crippen LogP contribution in [0.4, 0.5) is 4.79 Å². The van der Waals surface area contributed by atoms with Crippen LogP contribution in [0.25, 0.3) is 11.0 Å². The summed E-state index contributed by atoms with van der Waals surface area (Å²) in [5.41, 5.74) is 2.44. The average molecular weight is 423 g/mol. The molecule has 3 aromatic rings. The van der Waals surface area contributed by atoms with Gasteiger partial charge in [-0.15, -0.1) is 0 Å². The molecule has 0 bridgehead atoms. The van der Waals surface area contributed by atoms with Crippen LogP contribution in [-0.4, -0.2) is 18.6 Å². The first-order chi connectivity index (χ1) is 15.0. The Balaban J connectivity index is 1.51. The molecule has 0 unspecified atom stereocenters. The number of fused-ring (bicyclic) bond motifs is 1. The van der Waals surface area contributed by atoms with Gasteiger partial charge in [0.05, 0.1) is 5.39 Å². The second kappa shape index (κ2) is 10.4. The molecule has 0 spiro atoms. The lowest BCUT2D eigenvalue weighted by Crippen LogP contribution is -2.26. The van der Waals surface area contributed by atoms with Crippen LogP contribution in [0.15, 0.2) is 57.7 Å². The number of carbonyl (C=O) groups is 2. The zero-order valence-electron chi connectivity index (χ0n) is 17.6. The van der Waals surface area contributed by atoms with E-state index in [-0.39, 0.29) is 19.6 Å². The predicted octanol–water partition coefficient (Wildman–Crippen LogP) is 4.28. The van der Waals surface area contributed by atoms with Crippen LogP contribution >= 0.6 is 0 Å². The summed E-state index contributed by atoms with van der Waals surface area (Å²) in [5.74, 6) is -0.0598. The lowest BCUT2D eigenvalue weighted by atomic mass is 10.0. The number of nitrogens with one attached hydrogen (secondary N) is 1. The van der Waals surface area contributed by atoms with Crippen LogP contribution in [0, 0.1) is 6.92 Å². The minimum atomic E-state index is -0.537. The fraction of sp³-hybridized carbons (Fsp3) is 0.292. The highest BCUT2D eigenvalue weighted by Crippen LogP contribution is 2.30. The highest BCUT2D eigenvalue weighted by Gasteiger charge is 2.15. The molecule has 0 radical (unpaired) electrons. The van der Waals surface area contributed by atoms with Crippen molar-refractivity contribution in [2.24, 2.45) is 0 Å². The smallest absolute Gasteiger partial charge is 0.407 e. The third-order valence-electron chi connectivity index (χ3n) is 4.68. The van der Waals surface area contributed by atoms with Gasteiger partial charge < -0.3 is 19.2 Å². The first-order valence-corrected chi connectivity index (χ1v) is 10.2. The van der Waals surface area contributed by atoms with E-state index in [9.17, 15) is 14.4 Å². The van der Waals surface area contributed by atoms with E-state index in [1.54, 1.807) is 12.1 Å². The molecule has 0 saturated carbocycles. The van der Waals surface area contributed by atoms with E-state index in [0.717, 1.165) is 16.7 Å². The number of esters is 1. The highest BCUT2D eigenvalue weighted by atomic mass is 16.5. The van der Waals surface area contributed by atoms with Crippen LogP contribution in [-0.2, 0) is 22.6 Å². The Morgan fingerprint density at radius 3 is 2.61 bits per heavy atom. The number of hydrogen-bond acceptors (Lipinski definition) is 6. The summed E-state index contributed by atoms with van der Waals surface area (Å²) in [6.45, 7) is 4.22. The number of benzene rings is 2. The standard InChI is InChI=1S/C24H25NO6/c1-3-18-14-22(27)31-20-13-16(2)12-19(23(18)20)30-21(26)10-7-11-25-24(28)29-15-17-8-5-4-6-9-17/h4-6,8-9,12-14H,3,7,10-11,15H2,1-2H3,(H,25,28). The van der Waals surface area contributed by atoms with Gasteiger partial charge in [-0.2, -0.15) is 0 Å². The molecule has 0 saturated heterocycles. The van der Waals surface area contributed by atoms with E-state index < -0.39 is 17.7 Å². The number of aryl methyl sites for hydroxylation is 2. The van der Waals surface area contributed by atoms with Gasteiger partial charge >= 0.3 is 17.7 Å². The first-order valence-electron chi connectivity index (χ1n) is 10.2. The quantitative estimate of drug-likeness (QED) is 0.252. The molecule has 31 heavy (non-hydrogen) atoms. The topological polar surface area (TPSA) is 94.8 Å². The number of amides is 1. The van der Waals surface area contributed by atoms with Crippen molar-refractivity contribution in [2.75, 3.05) is 6.54 Å². The van der Waals surface area contributed by atoms with Crippen molar-refractivity contribution in [3.05, 3.63) is 75.6 Å². The number of hydrogen-bond donors (Lipinski definition) is 1. The molecule has 0 fully saturated rings. The molecule has 3 rings (SSSR count). The summed E-state index contributed by atoms with van der Waals surface area (Å²) in [6, 6.07) is 14.3. The molecule has 1 N–H and O–H groups in total. The molecular weight excluding hydrogens is 398 g/mol. The zero-order chi connectivity index (χ0) is 22.2. The van der Waals surface area contributed by atoms with Crippen molar-refractivity contribution in [3.63, 3.8) is 0 Å². The molecule has 1 heterocycles. The SMILES string of the molecule is CCc1cc(=O)oc2cc(C)cc(OC(=O)CCCNC(=O)OCc3ccccc3)c12. The van der Waals surface area contributed by atoms with Crippen LogP contribution in [0.5, 0.6) is 5.75 Å². The van der Waals surface area contributed by atoms with Gasteiger partial charge in [-0.25, -0.2) is 9.59 Å². The maximum Gasteiger partial charge on any atom is 0.407 e. The molecule has 0 atom stereocenters. The molecule has 1 aromatic heterocycles. The van der Waals surface area contributed by atoms with Crippen molar-refractivity contribution in [2.45, 2.75) is 39.7 Å². The number of rotatable bonds is 8. The summed E-state index contributed by atoms with van der Waals surface area (Å²) in [4.78, 5) is 35.8. The van der Waals surface area contributed by atoms with E-state index in [1.165, 1.54) is 6.07 Å². The van der Waals surface area contributed by atoms with Gasteiger partial charge in [-0.05, 0) is 48.6 Å². The van der Waals surface area contributed by atoms with Crippen molar-refractivity contribution in [1.82, 2.24) is 5.32 Å². The Morgan fingerprint density at radius 2 is 1.87 bits per heavy atom. The maximum absolute atomic E-state index is 12.3. The minimum absolute atomic E-state index is 0.118. The molecule has 162 valence electrons. The summed E-state index contributed by atoms with van der Waals surface area (Å²) in [7, 11) is 0. The molecule has 0 aliphatic carbocycles. The normalized spacial score (nSPS) is 10.6. The third kappa shape index (κ3) is 6.18. The lowest BCUT2D eigenvalue weighted by Gasteiger charge is -2.11. The van der Waals surface area contributed by atoms with E-state index in [0.29, 0.717) is 29.6 Å². The van der Waals surface area contributed by atoms with E-state index in [1.807, 2.05) is 44.2 Å². The molecule has 0 aliphatic rings. The largest absolute Gasteiger partial charge is 0.445 e. The van der Waals surface area contributed by atoms with E-state index in [4.69, 9.17) is 13.9 Å². The van der Waals surface area contributed by atoms with Crippen molar-refractivity contribution in [1.29, 1.82) is 0 Å². The van der Waals surface area contributed by atoms with Gasteiger partial charge in [-0.1, -0.05) is 37.3 Å². The maximum atomic E-state index is 12.3. The van der Waals surface area contributed by atoms with Gasteiger partial charge in [0.25, 0.3) is 0 Å². The van der Waals surface area contributed by atoms with Crippen LogP contribution in [0.2, 0.25) is 0 Å². The van der Waals surface area contributed by atoms with Gasteiger partial charge in [0.15, 0.2) is 0 Å². The van der Waals surface area contributed by atoms with Crippen molar-refractivity contribution >= 4 is 23.0 Å². The van der Waals surface area contributed by atoms with Gasteiger partial charge in [0.1, 0.15) is 17.9 Å². The second-order valence-corrected chi connectivity index (χ2v) is 7.15. The molecule has 0 aliphatic heterocycles. The van der Waals surface area contributed by atoms with Crippen molar-refractivity contribution in [3.8, 4) is 5.75 Å². The summed E-state index contributed by atoms with van der Waals surface area (Å²) < 4.78 is 16.0. The molecular formula is C24H25NO6.